The third kappa shape index (κ3) is 5.76. The molecule has 0 radical (unpaired) electrons. The Kier molecular flexibility index (Phi) is 7.96. The quantitative estimate of drug-likeness (QED) is 0.514. The molecular weight excluding hydrogens is 561 g/mol. The zero-order chi connectivity index (χ0) is 30.3. The smallest absolute Gasteiger partial charge is 0.437 e. The number of fused-ring (bicyclic) bond motifs is 2. The van der Waals surface area contributed by atoms with Gasteiger partial charge in [0.15, 0.2) is 11.4 Å². The van der Waals surface area contributed by atoms with Gasteiger partial charge in [0.1, 0.15) is 11.9 Å². The molecule has 0 saturated carbocycles. The van der Waals surface area contributed by atoms with E-state index in [0.717, 1.165) is 29.7 Å². The van der Waals surface area contributed by atoms with Gasteiger partial charge in [-0.1, -0.05) is 5.92 Å². The molecule has 0 aromatic carbocycles. The van der Waals surface area contributed by atoms with Gasteiger partial charge in [0.2, 0.25) is 0 Å². The molecule has 6 heterocycles. The van der Waals surface area contributed by atoms with Crippen molar-refractivity contribution in [2.45, 2.75) is 51.9 Å². The first-order valence-corrected chi connectivity index (χ1v) is 14.7. The van der Waals surface area contributed by atoms with E-state index in [-0.39, 0.29) is 23.0 Å². The number of carbonyl (C=O) groups excluding carboxylic acids is 1. The van der Waals surface area contributed by atoms with Gasteiger partial charge in [0, 0.05) is 57.2 Å². The summed E-state index contributed by atoms with van der Waals surface area (Å²) in [6.45, 7) is 10.3. The Morgan fingerprint density at radius 1 is 1.14 bits per heavy atom. The maximum atomic E-state index is 14.4. The highest BCUT2D eigenvalue weighted by molar-refractivity contribution is 5.93. The summed E-state index contributed by atoms with van der Waals surface area (Å²) in [4.78, 5) is 26.9. The maximum absolute atomic E-state index is 14.4. The Morgan fingerprint density at radius 2 is 1.86 bits per heavy atom. The average molecular weight is 597 g/mol. The van der Waals surface area contributed by atoms with Crippen LogP contribution in [0.4, 0.5) is 30.4 Å². The van der Waals surface area contributed by atoms with Gasteiger partial charge in [0.25, 0.3) is 5.91 Å². The molecule has 9 nitrogen and oxygen atoms in total. The fourth-order valence-corrected chi connectivity index (χ4v) is 6.28. The summed E-state index contributed by atoms with van der Waals surface area (Å²) in [5.74, 6) is 5.26. The minimum atomic E-state index is -4.72. The lowest BCUT2D eigenvalue weighted by molar-refractivity contribution is -0.142. The number of aromatic nitrogens is 2. The van der Waals surface area contributed by atoms with E-state index in [1.54, 1.807) is 31.0 Å². The molecule has 3 fully saturated rings. The Balaban J connectivity index is 1.26. The third-order valence-corrected chi connectivity index (χ3v) is 8.72. The van der Waals surface area contributed by atoms with Crippen molar-refractivity contribution in [2.24, 2.45) is 0 Å². The molecule has 0 unspecified atom stereocenters. The number of nitrogens with one attached hydrogen (secondary N) is 1. The summed E-state index contributed by atoms with van der Waals surface area (Å²) in [5.41, 5.74) is 2.74. The van der Waals surface area contributed by atoms with Gasteiger partial charge in [-0.2, -0.15) is 13.2 Å². The Morgan fingerprint density at radius 3 is 2.53 bits per heavy atom. The zero-order valence-electron chi connectivity index (χ0n) is 24.6. The number of likely N-dealkylation sites (tertiary alicyclic amines) is 2. The number of allylic oxidation sites excluding steroid dienone is 1. The zero-order valence-corrected chi connectivity index (χ0v) is 24.6. The van der Waals surface area contributed by atoms with Gasteiger partial charge in [-0.3, -0.25) is 9.69 Å². The molecule has 4 aliphatic heterocycles. The SMILES string of the molecule is CC#CC(=O)N1CCC(N2CC(=C(C)c3cc4c(c(C(F)(F)F)n3)O[C@H](C)c3c(N5CCOCC5)ccnc3N4)C2)CC1. The van der Waals surface area contributed by atoms with Crippen LogP contribution in [0.3, 0.4) is 0 Å². The topological polar surface area (TPSA) is 83.1 Å². The number of ether oxygens (including phenoxy) is 2. The van der Waals surface area contributed by atoms with Crippen LogP contribution in [0.5, 0.6) is 5.75 Å². The molecule has 6 rings (SSSR count). The highest BCUT2D eigenvalue weighted by Crippen LogP contribution is 2.48. The van der Waals surface area contributed by atoms with Crippen molar-refractivity contribution in [1.29, 1.82) is 0 Å². The van der Waals surface area contributed by atoms with E-state index < -0.39 is 18.0 Å². The highest BCUT2D eigenvalue weighted by Gasteiger charge is 2.41. The first-order chi connectivity index (χ1) is 20.6. The Labute approximate surface area is 249 Å². The van der Waals surface area contributed by atoms with Gasteiger partial charge in [0.05, 0.1) is 30.2 Å². The molecule has 43 heavy (non-hydrogen) atoms. The number of morpholine rings is 1. The van der Waals surface area contributed by atoms with Crippen molar-refractivity contribution in [3.8, 4) is 17.6 Å². The lowest BCUT2D eigenvalue weighted by Gasteiger charge is -2.44. The number of carbonyl (C=O) groups is 1. The predicted octanol–water partition coefficient (Wildman–Crippen LogP) is 4.63. The molecule has 1 amide bonds. The van der Waals surface area contributed by atoms with Crippen molar-refractivity contribution in [3.63, 3.8) is 0 Å². The number of anilines is 3. The minimum Gasteiger partial charge on any atom is -0.481 e. The van der Waals surface area contributed by atoms with Crippen LogP contribution < -0.4 is 15.0 Å². The summed E-state index contributed by atoms with van der Waals surface area (Å²) in [5, 5.41) is 3.17. The van der Waals surface area contributed by atoms with Crippen molar-refractivity contribution in [3.05, 3.63) is 40.9 Å². The van der Waals surface area contributed by atoms with Crippen LogP contribution in [0.25, 0.3) is 5.57 Å². The average Bonchev–Trinajstić information content (AvgIpc) is 3.11. The van der Waals surface area contributed by atoms with E-state index in [4.69, 9.17) is 9.47 Å². The fraction of sp³-hybridized carbons (Fsp3) is 0.516. The van der Waals surface area contributed by atoms with Crippen LogP contribution in [0.15, 0.2) is 23.9 Å². The second kappa shape index (κ2) is 11.7. The van der Waals surface area contributed by atoms with E-state index in [1.165, 1.54) is 0 Å². The lowest BCUT2D eigenvalue weighted by Crippen LogP contribution is -2.52. The number of hydrogen-bond acceptors (Lipinski definition) is 8. The van der Waals surface area contributed by atoms with E-state index in [0.29, 0.717) is 69.9 Å². The lowest BCUT2D eigenvalue weighted by atomic mass is 9.93. The molecule has 0 spiro atoms. The van der Waals surface area contributed by atoms with Crippen LogP contribution in [0, 0.1) is 11.8 Å². The molecule has 2 aromatic heterocycles. The predicted molar refractivity (Wildman–Crippen MR) is 156 cm³/mol. The largest absolute Gasteiger partial charge is 0.481 e. The summed E-state index contributed by atoms with van der Waals surface area (Å²) < 4.78 is 54.9. The maximum Gasteiger partial charge on any atom is 0.437 e. The van der Waals surface area contributed by atoms with Crippen LogP contribution in [0.2, 0.25) is 0 Å². The van der Waals surface area contributed by atoms with Gasteiger partial charge in [-0.25, -0.2) is 9.97 Å². The monoisotopic (exact) mass is 596 g/mol. The molecule has 0 aliphatic carbocycles. The first kappa shape index (κ1) is 29.3. The number of hydrogen-bond donors (Lipinski definition) is 1. The summed E-state index contributed by atoms with van der Waals surface area (Å²) >= 11 is 0. The normalized spacial score (nSPS) is 20.9. The van der Waals surface area contributed by atoms with E-state index in [9.17, 15) is 18.0 Å². The van der Waals surface area contributed by atoms with E-state index >= 15 is 0 Å². The van der Waals surface area contributed by atoms with Crippen molar-refractivity contribution in [2.75, 3.05) is 62.7 Å². The van der Waals surface area contributed by atoms with Crippen molar-refractivity contribution in [1.82, 2.24) is 19.8 Å². The number of rotatable bonds is 3. The summed E-state index contributed by atoms with van der Waals surface area (Å²) in [6.07, 6.45) is -2.06. The molecule has 0 bridgehead atoms. The van der Waals surface area contributed by atoms with Gasteiger partial charge >= 0.3 is 6.18 Å². The Hall–Kier alpha value is -3.82. The molecule has 228 valence electrons. The Bertz CT molecular complexity index is 1490. The number of halogens is 3. The molecule has 2 aromatic rings. The summed E-state index contributed by atoms with van der Waals surface area (Å²) in [6, 6.07) is 3.83. The number of alkyl halides is 3. The second-order valence-electron chi connectivity index (χ2n) is 11.3. The first-order valence-electron chi connectivity index (χ1n) is 14.7. The van der Waals surface area contributed by atoms with Crippen LogP contribution in [0.1, 0.15) is 56.7 Å². The molecule has 1 atom stereocenters. The van der Waals surface area contributed by atoms with Gasteiger partial charge in [-0.05, 0) is 62.8 Å². The number of piperidine rings is 1. The molecular formula is C31H35F3N6O3. The highest BCUT2D eigenvalue weighted by atomic mass is 19.4. The van der Waals surface area contributed by atoms with Crippen molar-refractivity contribution < 1.29 is 27.4 Å². The standard InChI is InChI=1S/C31H35F3N6O3/c1-4-5-26(41)39-10-7-22(8-11-39)40-17-21(18-40)19(2)23-16-24-28(29(36-23)31(32,33)34)43-20(3)27-25(6-9-35-30(27)37-24)38-12-14-42-15-13-38/h6,9,16,20,22H,7-8,10-15,17-18H2,1-3H3,(H,35,37)/t20-/m1/s1. The molecule has 4 aliphatic rings. The summed E-state index contributed by atoms with van der Waals surface area (Å²) in [7, 11) is 0. The molecule has 1 N–H and O–H groups in total. The number of amides is 1. The van der Waals surface area contributed by atoms with Gasteiger partial charge in [-0.15, -0.1) is 0 Å². The van der Waals surface area contributed by atoms with E-state index in [2.05, 4.69) is 36.9 Å². The second-order valence-corrected chi connectivity index (χ2v) is 11.3. The molecule has 12 heteroatoms. The minimum absolute atomic E-state index is 0.141. The van der Waals surface area contributed by atoms with Crippen molar-refractivity contribution >= 4 is 28.7 Å². The van der Waals surface area contributed by atoms with Crippen LogP contribution in [-0.2, 0) is 15.7 Å². The number of pyridine rings is 2. The van der Waals surface area contributed by atoms with Crippen LogP contribution >= 0.6 is 0 Å². The number of nitrogens with zero attached hydrogens (tertiary/aromatic N) is 5. The third-order valence-electron chi connectivity index (χ3n) is 8.72. The van der Waals surface area contributed by atoms with Gasteiger partial charge < -0.3 is 24.6 Å². The molecule has 3 saturated heterocycles. The van der Waals surface area contributed by atoms with Crippen LogP contribution in [-0.4, -0.2) is 84.2 Å². The van der Waals surface area contributed by atoms with E-state index in [1.807, 2.05) is 13.0 Å². The fourth-order valence-electron chi connectivity index (χ4n) is 6.28.